The molecule has 2 heterocycles. The van der Waals surface area contributed by atoms with Gasteiger partial charge < -0.3 is 4.57 Å². The van der Waals surface area contributed by atoms with Crippen LogP contribution in [0, 0.1) is 0 Å². The minimum atomic E-state index is -0.0463. The Morgan fingerprint density at radius 2 is 2.13 bits per heavy atom. The lowest BCUT2D eigenvalue weighted by Gasteiger charge is -2.10. The first-order valence-electron chi connectivity index (χ1n) is 4.90. The van der Waals surface area contributed by atoms with Crippen molar-refractivity contribution in [1.82, 2.24) is 14.5 Å². The van der Waals surface area contributed by atoms with Crippen LogP contribution >= 0.6 is 0 Å². The summed E-state index contributed by atoms with van der Waals surface area (Å²) in [6.07, 6.45) is 4.91. The minimum Gasteiger partial charge on any atom is -0.318 e. The van der Waals surface area contributed by atoms with Crippen LogP contribution in [0.5, 0.6) is 0 Å². The van der Waals surface area contributed by atoms with Gasteiger partial charge in [-0.15, -0.1) is 0 Å². The molecule has 4 nitrogen and oxygen atoms in total. The molecule has 15 heavy (non-hydrogen) atoms. The van der Waals surface area contributed by atoms with Crippen LogP contribution in [0.1, 0.15) is 25.3 Å². The maximum absolute atomic E-state index is 11.8. The zero-order chi connectivity index (χ0) is 11.0. The van der Waals surface area contributed by atoms with E-state index in [4.69, 9.17) is 0 Å². The maximum Gasteiger partial charge on any atom is 0.261 e. The van der Waals surface area contributed by atoms with Crippen LogP contribution in [0.3, 0.4) is 0 Å². The highest BCUT2D eigenvalue weighted by Crippen LogP contribution is 2.19. The van der Waals surface area contributed by atoms with Crippen molar-refractivity contribution < 1.29 is 0 Å². The molecule has 2 aromatic heterocycles. The van der Waals surface area contributed by atoms with Crippen molar-refractivity contribution in [3.05, 3.63) is 34.6 Å². The van der Waals surface area contributed by atoms with Crippen molar-refractivity contribution in [2.45, 2.75) is 19.8 Å². The highest BCUT2D eigenvalue weighted by atomic mass is 16.1. The van der Waals surface area contributed by atoms with Gasteiger partial charge in [0.15, 0.2) is 0 Å². The Bertz CT molecular complexity index is 557. The molecule has 0 radical (unpaired) electrons. The zero-order valence-electron chi connectivity index (χ0n) is 9.06. The molecule has 0 aromatic carbocycles. The van der Waals surface area contributed by atoms with Crippen molar-refractivity contribution in [3.63, 3.8) is 0 Å². The van der Waals surface area contributed by atoms with Gasteiger partial charge in [-0.1, -0.05) is 13.8 Å². The van der Waals surface area contributed by atoms with Crippen molar-refractivity contribution in [1.29, 1.82) is 0 Å². The number of hydrogen-bond donors (Lipinski definition) is 0. The fourth-order valence-electron chi connectivity index (χ4n) is 1.66. The molecule has 0 aliphatic heterocycles. The van der Waals surface area contributed by atoms with E-state index >= 15 is 0 Å². The lowest BCUT2D eigenvalue weighted by atomic mass is 10.0. The Labute approximate surface area is 87.6 Å². The topological polar surface area (TPSA) is 47.8 Å². The van der Waals surface area contributed by atoms with Gasteiger partial charge in [-0.05, 0) is 11.5 Å². The summed E-state index contributed by atoms with van der Waals surface area (Å²) < 4.78 is 1.58. The molecule has 0 aliphatic carbocycles. The van der Waals surface area contributed by atoms with Crippen molar-refractivity contribution in [2.24, 2.45) is 7.05 Å². The summed E-state index contributed by atoms with van der Waals surface area (Å²) in [5.74, 6) is 0.342. The molecule has 2 rings (SSSR count). The number of aromatic nitrogens is 3. The molecule has 0 aliphatic rings. The van der Waals surface area contributed by atoms with Gasteiger partial charge in [-0.2, -0.15) is 0 Å². The highest BCUT2D eigenvalue weighted by Gasteiger charge is 2.10. The van der Waals surface area contributed by atoms with E-state index in [0.29, 0.717) is 11.3 Å². The van der Waals surface area contributed by atoms with E-state index in [0.717, 1.165) is 11.1 Å². The van der Waals surface area contributed by atoms with E-state index < -0.39 is 0 Å². The van der Waals surface area contributed by atoms with Crippen LogP contribution in [0.4, 0.5) is 0 Å². The third-order valence-electron chi connectivity index (χ3n) is 2.49. The smallest absolute Gasteiger partial charge is 0.261 e. The van der Waals surface area contributed by atoms with Crippen LogP contribution in [0.2, 0.25) is 0 Å². The lowest BCUT2D eigenvalue weighted by molar-refractivity contribution is 0.805. The molecular formula is C11H13N3O. The molecule has 0 saturated heterocycles. The Hall–Kier alpha value is -1.71. The number of fused-ring (bicyclic) bond motifs is 1. The van der Waals surface area contributed by atoms with Crippen molar-refractivity contribution in [3.8, 4) is 0 Å². The second kappa shape index (κ2) is 3.46. The summed E-state index contributed by atoms with van der Waals surface area (Å²) in [7, 11) is 1.75. The molecule has 0 bridgehead atoms. The maximum atomic E-state index is 11.8. The normalized spacial score (nSPS) is 11.2. The van der Waals surface area contributed by atoms with Crippen LogP contribution in [0.15, 0.2) is 23.5 Å². The van der Waals surface area contributed by atoms with Crippen LogP contribution in [-0.4, -0.2) is 14.5 Å². The lowest BCUT2D eigenvalue weighted by Crippen LogP contribution is -2.18. The van der Waals surface area contributed by atoms with Gasteiger partial charge in [-0.25, -0.2) is 9.97 Å². The molecule has 0 spiro atoms. The standard InChI is InChI=1S/C11H13N3O/c1-7(2)9-5-14(3)11(15)8-4-12-6-13-10(8)9/h4-7H,1-3H3. The summed E-state index contributed by atoms with van der Waals surface area (Å²) in [5.41, 5.74) is 1.80. The highest BCUT2D eigenvalue weighted by molar-refractivity contribution is 5.79. The summed E-state index contributed by atoms with van der Waals surface area (Å²) >= 11 is 0. The number of pyridine rings is 1. The Kier molecular flexibility index (Phi) is 2.26. The van der Waals surface area contributed by atoms with Gasteiger partial charge in [-0.3, -0.25) is 4.79 Å². The van der Waals surface area contributed by atoms with Gasteiger partial charge in [0.05, 0.1) is 10.9 Å². The monoisotopic (exact) mass is 203 g/mol. The quantitative estimate of drug-likeness (QED) is 0.704. The molecule has 0 atom stereocenters. The fourth-order valence-corrected chi connectivity index (χ4v) is 1.66. The summed E-state index contributed by atoms with van der Waals surface area (Å²) in [4.78, 5) is 19.9. The fraction of sp³-hybridized carbons (Fsp3) is 0.364. The summed E-state index contributed by atoms with van der Waals surface area (Å²) in [6.45, 7) is 4.17. The molecule has 78 valence electrons. The van der Waals surface area contributed by atoms with E-state index in [1.807, 2.05) is 6.20 Å². The second-order valence-electron chi connectivity index (χ2n) is 3.94. The third kappa shape index (κ3) is 1.52. The first-order valence-corrected chi connectivity index (χ1v) is 4.90. The van der Waals surface area contributed by atoms with Gasteiger partial charge >= 0.3 is 0 Å². The van der Waals surface area contributed by atoms with Gasteiger partial charge in [0.1, 0.15) is 6.33 Å². The van der Waals surface area contributed by atoms with E-state index in [9.17, 15) is 4.79 Å². The van der Waals surface area contributed by atoms with Gasteiger partial charge in [0, 0.05) is 19.4 Å². The molecule has 4 heteroatoms. The van der Waals surface area contributed by atoms with Crippen molar-refractivity contribution >= 4 is 10.9 Å². The average Bonchev–Trinajstić information content (AvgIpc) is 2.23. The molecule has 0 N–H and O–H groups in total. The van der Waals surface area contributed by atoms with Crippen LogP contribution < -0.4 is 5.56 Å². The minimum absolute atomic E-state index is 0.0463. The molecule has 0 saturated carbocycles. The van der Waals surface area contributed by atoms with E-state index in [1.54, 1.807) is 17.8 Å². The van der Waals surface area contributed by atoms with E-state index in [2.05, 4.69) is 23.8 Å². The van der Waals surface area contributed by atoms with Crippen LogP contribution in [0.25, 0.3) is 10.9 Å². The van der Waals surface area contributed by atoms with Gasteiger partial charge in [0.25, 0.3) is 5.56 Å². The largest absolute Gasteiger partial charge is 0.318 e. The van der Waals surface area contributed by atoms with E-state index in [-0.39, 0.29) is 5.56 Å². The molecule has 0 unspecified atom stereocenters. The SMILES string of the molecule is CC(C)c1cn(C)c(=O)c2cncnc12. The summed E-state index contributed by atoms with van der Waals surface area (Å²) in [5, 5.41) is 0.589. The number of rotatable bonds is 1. The van der Waals surface area contributed by atoms with Gasteiger partial charge in [0.2, 0.25) is 0 Å². The first-order chi connectivity index (χ1) is 7.11. The van der Waals surface area contributed by atoms with E-state index in [1.165, 1.54) is 6.33 Å². The average molecular weight is 203 g/mol. The molecule has 2 aromatic rings. The Morgan fingerprint density at radius 3 is 2.80 bits per heavy atom. The number of hydrogen-bond acceptors (Lipinski definition) is 3. The Balaban J connectivity index is 2.95. The summed E-state index contributed by atoms with van der Waals surface area (Å²) in [6, 6.07) is 0. The second-order valence-corrected chi connectivity index (χ2v) is 3.94. The molecule has 0 amide bonds. The zero-order valence-corrected chi connectivity index (χ0v) is 9.06. The predicted octanol–water partition coefficient (Wildman–Crippen LogP) is 1.45. The molecular weight excluding hydrogens is 190 g/mol. The third-order valence-corrected chi connectivity index (χ3v) is 2.49. The first kappa shape index (κ1) is 9.83. The Morgan fingerprint density at radius 1 is 1.40 bits per heavy atom. The number of aryl methyl sites for hydroxylation is 1. The molecule has 0 fully saturated rings. The van der Waals surface area contributed by atoms with Crippen molar-refractivity contribution in [2.75, 3.05) is 0 Å². The van der Waals surface area contributed by atoms with Crippen LogP contribution in [-0.2, 0) is 7.05 Å². The number of nitrogens with zero attached hydrogens (tertiary/aromatic N) is 3. The predicted molar refractivity (Wildman–Crippen MR) is 58.9 cm³/mol.